The largest absolute Gasteiger partial charge is 0.381 e. The van der Waals surface area contributed by atoms with Gasteiger partial charge >= 0.3 is 0 Å². The van der Waals surface area contributed by atoms with E-state index in [1.807, 2.05) is 6.07 Å². The van der Waals surface area contributed by atoms with Gasteiger partial charge in [0, 0.05) is 49.9 Å². The van der Waals surface area contributed by atoms with Crippen molar-refractivity contribution in [1.82, 2.24) is 20.0 Å². The minimum Gasteiger partial charge on any atom is -0.381 e. The maximum Gasteiger partial charge on any atom is 0.266 e. The number of ether oxygens (including phenoxy) is 1. The summed E-state index contributed by atoms with van der Waals surface area (Å²) in [6, 6.07) is 4.67. The Morgan fingerprint density at radius 1 is 1.15 bits per heavy atom. The Morgan fingerprint density at radius 2 is 1.93 bits per heavy atom. The van der Waals surface area contributed by atoms with Crippen LogP contribution in [-0.2, 0) is 16.7 Å². The third-order valence-electron chi connectivity index (χ3n) is 5.85. The van der Waals surface area contributed by atoms with Gasteiger partial charge in [-0.25, -0.2) is 4.68 Å². The molecule has 1 unspecified atom stereocenters. The Bertz CT molecular complexity index is 646. The summed E-state index contributed by atoms with van der Waals surface area (Å²) in [6.45, 7) is 11.9. The van der Waals surface area contributed by atoms with Gasteiger partial charge < -0.3 is 10.1 Å². The first kappa shape index (κ1) is 20.5. The average molecular weight is 377 g/mol. The molecule has 6 nitrogen and oxygen atoms in total. The van der Waals surface area contributed by atoms with Crippen LogP contribution in [0.2, 0.25) is 0 Å². The van der Waals surface area contributed by atoms with Crippen LogP contribution in [0.4, 0.5) is 0 Å². The van der Waals surface area contributed by atoms with Gasteiger partial charge in [0.05, 0.1) is 12.2 Å². The quantitative estimate of drug-likeness (QED) is 0.824. The fraction of sp³-hybridized carbons (Fsp3) is 0.810. The molecule has 0 aromatic carbocycles. The van der Waals surface area contributed by atoms with Crippen LogP contribution in [0.1, 0.15) is 58.6 Å². The zero-order valence-corrected chi connectivity index (χ0v) is 17.2. The minimum atomic E-state index is -0.0449. The molecule has 1 N–H and O–H groups in total. The lowest BCUT2D eigenvalue weighted by Crippen LogP contribution is -2.49. The van der Waals surface area contributed by atoms with Gasteiger partial charge in [-0.15, -0.1) is 0 Å². The molecule has 6 heteroatoms. The van der Waals surface area contributed by atoms with Crippen molar-refractivity contribution in [2.45, 2.75) is 76.9 Å². The van der Waals surface area contributed by atoms with Crippen molar-refractivity contribution in [1.29, 1.82) is 0 Å². The lowest BCUT2D eigenvalue weighted by molar-refractivity contribution is 0.0719. The van der Waals surface area contributed by atoms with Crippen LogP contribution in [0.15, 0.2) is 16.9 Å². The Morgan fingerprint density at radius 3 is 2.67 bits per heavy atom. The molecule has 2 aliphatic heterocycles. The van der Waals surface area contributed by atoms with E-state index in [2.05, 4.69) is 36.1 Å². The summed E-state index contributed by atoms with van der Waals surface area (Å²) in [7, 11) is 0. The van der Waals surface area contributed by atoms with Gasteiger partial charge in [0.15, 0.2) is 0 Å². The van der Waals surface area contributed by atoms with E-state index in [-0.39, 0.29) is 11.0 Å². The molecule has 0 saturated carbocycles. The Hall–Kier alpha value is -1.24. The highest BCUT2D eigenvalue weighted by atomic mass is 16.5. The Labute approximate surface area is 163 Å². The van der Waals surface area contributed by atoms with Crippen LogP contribution in [-0.4, -0.2) is 59.6 Å². The SMILES string of the molecule is CC(C)(C)c1ccc(=O)n(CCN2CCCCC2CNC2CCOCC2)n1. The molecule has 1 aromatic heterocycles. The van der Waals surface area contributed by atoms with E-state index in [1.54, 1.807) is 10.7 Å². The molecule has 3 rings (SSSR count). The van der Waals surface area contributed by atoms with E-state index >= 15 is 0 Å². The lowest BCUT2D eigenvalue weighted by atomic mass is 9.92. The normalized spacial score (nSPS) is 22.9. The second-order valence-corrected chi connectivity index (χ2v) is 9.01. The second-order valence-electron chi connectivity index (χ2n) is 9.01. The van der Waals surface area contributed by atoms with Crippen molar-refractivity contribution in [3.63, 3.8) is 0 Å². The van der Waals surface area contributed by atoms with E-state index in [1.165, 1.54) is 19.3 Å². The molecule has 0 amide bonds. The van der Waals surface area contributed by atoms with Crippen LogP contribution >= 0.6 is 0 Å². The summed E-state index contributed by atoms with van der Waals surface area (Å²) in [6.07, 6.45) is 6.02. The molecule has 152 valence electrons. The summed E-state index contributed by atoms with van der Waals surface area (Å²) < 4.78 is 7.11. The molecule has 1 aromatic rings. The predicted molar refractivity (Wildman–Crippen MR) is 108 cm³/mol. The third kappa shape index (κ3) is 5.87. The summed E-state index contributed by atoms with van der Waals surface area (Å²) in [5.41, 5.74) is 0.923. The van der Waals surface area contributed by atoms with Gasteiger partial charge in [0.25, 0.3) is 5.56 Å². The van der Waals surface area contributed by atoms with Gasteiger partial charge in [-0.2, -0.15) is 5.10 Å². The Kier molecular flexibility index (Phi) is 7.06. The fourth-order valence-corrected chi connectivity index (χ4v) is 4.02. The van der Waals surface area contributed by atoms with E-state index in [9.17, 15) is 4.79 Å². The third-order valence-corrected chi connectivity index (χ3v) is 5.85. The van der Waals surface area contributed by atoms with Crippen LogP contribution in [0.25, 0.3) is 0 Å². The molecule has 27 heavy (non-hydrogen) atoms. The van der Waals surface area contributed by atoms with Crippen molar-refractivity contribution in [3.8, 4) is 0 Å². The van der Waals surface area contributed by atoms with E-state index in [4.69, 9.17) is 4.74 Å². The Balaban J connectivity index is 1.57. The molecule has 2 saturated heterocycles. The molecule has 3 heterocycles. The summed E-state index contributed by atoms with van der Waals surface area (Å²) in [5, 5.41) is 8.37. The number of nitrogens with zero attached hydrogens (tertiary/aromatic N) is 3. The maximum atomic E-state index is 12.2. The highest BCUT2D eigenvalue weighted by molar-refractivity contribution is 5.10. The number of hydrogen-bond donors (Lipinski definition) is 1. The monoisotopic (exact) mass is 376 g/mol. The van der Waals surface area contributed by atoms with Crippen LogP contribution < -0.4 is 10.9 Å². The molecule has 2 aliphatic rings. The van der Waals surface area contributed by atoms with Gasteiger partial charge in [0.2, 0.25) is 0 Å². The van der Waals surface area contributed by atoms with Crippen molar-refractivity contribution < 1.29 is 4.74 Å². The van der Waals surface area contributed by atoms with Crippen molar-refractivity contribution >= 4 is 0 Å². The van der Waals surface area contributed by atoms with Gasteiger partial charge in [-0.3, -0.25) is 9.69 Å². The van der Waals surface area contributed by atoms with E-state index in [0.29, 0.717) is 18.6 Å². The lowest BCUT2D eigenvalue weighted by Gasteiger charge is -2.37. The zero-order chi connectivity index (χ0) is 19.3. The zero-order valence-electron chi connectivity index (χ0n) is 17.2. The minimum absolute atomic E-state index is 0.00288. The highest BCUT2D eigenvalue weighted by Gasteiger charge is 2.24. The maximum absolute atomic E-state index is 12.2. The smallest absolute Gasteiger partial charge is 0.266 e. The number of aromatic nitrogens is 2. The molecule has 0 aliphatic carbocycles. The number of hydrogen-bond acceptors (Lipinski definition) is 5. The first-order valence-electron chi connectivity index (χ1n) is 10.6. The van der Waals surface area contributed by atoms with Gasteiger partial charge in [-0.05, 0) is 38.3 Å². The van der Waals surface area contributed by atoms with Gasteiger partial charge in [0.1, 0.15) is 0 Å². The van der Waals surface area contributed by atoms with Crippen molar-refractivity contribution in [2.24, 2.45) is 0 Å². The summed E-state index contributed by atoms with van der Waals surface area (Å²) >= 11 is 0. The first-order chi connectivity index (χ1) is 12.9. The topological polar surface area (TPSA) is 59.4 Å². The predicted octanol–water partition coefficient (Wildman–Crippen LogP) is 2.16. The molecule has 0 bridgehead atoms. The molecule has 0 spiro atoms. The number of likely N-dealkylation sites (tertiary alicyclic amines) is 1. The molecule has 1 atom stereocenters. The molecule has 2 fully saturated rings. The number of rotatable bonds is 6. The molecular formula is C21H36N4O2. The number of nitrogens with one attached hydrogen (secondary N) is 1. The standard InChI is InChI=1S/C21H36N4O2/c1-21(2,3)19-7-8-20(26)25(23-19)13-12-24-11-5-4-6-18(24)16-22-17-9-14-27-15-10-17/h7-8,17-18,22H,4-6,9-16H2,1-3H3. The van der Waals surface area contributed by atoms with Crippen LogP contribution in [0, 0.1) is 0 Å². The highest BCUT2D eigenvalue weighted by Crippen LogP contribution is 2.19. The van der Waals surface area contributed by atoms with Crippen molar-refractivity contribution in [2.75, 3.05) is 32.8 Å². The molecular weight excluding hydrogens is 340 g/mol. The van der Waals surface area contributed by atoms with E-state index < -0.39 is 0 Å². The molecule has 0 radical (unpaired) electrons. The fourth-order valence-electron chi connectivity index (χ4n) is 4.02. The summed E-state index contributed by atoms with van der Waals surface area (Å²) in [5.74, 6) is 0. The van der Waals surface area contributed by atoms with Crippen molar-refractivity contribution in [3.05, 3.63) is 28.2 Å². The van der Waals surface area contributed by atoms with Crippen LogP contribution in [0.5, 0.6) is 0 Å². The van der Waals surface area contributed by atoms with Crippen LogP contribution in [0.3, 0.4) is 0 Å². The number of piperidine rings is 1. The van der Waals surface area contributed by atoms with Gasteiger partial charge in [-0.1, -0.05) is 27.2 Å². The second kappa shape index (κ2) is 9.30. The average Bonchev–Trinajstić information content (AvgIpc) is 2.66. The first-order valence-corrected chi connectivity index (χ1v) is 10.6. The van der Waals surface area contributed by atoms with E-state index in [0.717, 1.165) is 51.4 Å². The summed E-state index contributed by atoms with van der Waals surface area (Å²) in [4.78, 5) is 14.8.